The van der Waals surface area contributed by atoms with Crippen LogP contribution in [0.2, 0.25) is 0 Å². The van der Waals surface area contributed by atoms with Gasteiger partial charge in [0, 0.05) is 11.1 Å². The number of methoxy groups -OCH3 is 1. The zero-order valence-electron chi connectivity index (χ0n) is 14.8. The van der Waals surface area contributed by atoms with Gasteiger partial charge in [-0.05, 0) is 31.2 Å². The number of benzene rings is 2. The van der Waals surface area contributed by atoms with Crippen molar-refractivity contribution in [3.05, 3.63) is 60.2 Å². The van der Waals surface area contributed by atoms with E-state index in [2.05, 4.69) is 20.8 Å². The van der Waals surface area contributed by atoms with Crippen molar-refractivity contribution in [2.24, 2.45) is 0 Å². The Hall–Kier alpha value is -3.26. The molecule has 7 nitrogen and oxygen atoms in total. The number of nitrogens with one attached hydrogen (secondary N) is 2. The lowest BCUT2D eigenvalue weighted by atomic mass is 10.2. The summed E-state index contributed by atoms with van der Waals surface area (Å²) in [6.45, 7) is 1.61. The molecule has 0 bridgehead atoms. The number of hydrogen-bond donors (Lipinski definition) is 2. The summed E-state index contributed by atoms with van der Waals surface area (Å²) in [5.74, 6) is -0.0574. The van der Waals surface area contributed by atoms with Crippen LogP contribution in [0.15, 0.2) is 54.6 Å². The standard InChI is InChI=1S/C19H18N4O3S/c1-12(20-17(25)13-8-10-15(26-2)11-9-13)16(24)21-19-23-22-18(27-19)14-6-4-3-5-7-14/h3-12H,1-2H3,(H,20,25)(H,21,23,24)/t12-/m0/s1. The van der Waals surface area contributed by atoms with E-state index in [0.717, 1.165) is 5.56 Å². The van der Waals surface area contributed by atoms with E-state index in [9.17, 15) is 9.59 Å². The molecule has 1 atom stereocenters. The summed E-state index contributed by atoms with van der Waals surface area (Å²) >= 11 is 1.27. The fourth-order valence-corrected chi connectivity index (χ4v) is 3.02. The molecule has 0 spiro atoms. The van der Waals surface area contributed by atoms with Crippen molar-refractivity contribution in [2.45, 2.75) is 13.0 Å². The maximum Gasteiger partial charge on any atom is 0.251 e. The fourth-order valence-electron chi connectivity index (χ4n) is 2.27. The normalized spacial score (nSPS) is 11.5. The molecule has 27 heavy (non-hydrogen) atoms. The first-order valence-electron chi connectivity index (χ1n) is 8.21. The summed E-state index contributed by atoms with van der Waals surface area (Å²) in [5, 5.41) is 14.5. The number of amides is 2. The maximum atomic E-state index is 12.3. The molecule has 3 aromatic rings. The highest BCUT2D eigenvalue weighted by molar-refractivity contribution is 7.18. The van der Waals surface area contributed by atoms with Gasteiger partial charge in [0.2, 0.25) is 11.0 Å². The smallest absolute Gasteiger partial charge is 0.251 e. The topological polar surface area (TPSA) is 93.2 Å². The Bertz CT molecular complexity index is 926. The van der Waals surface area contributed by atoms with Gasteiger partial charge in [0.05, 0.1) is 7.11 Å². The molecule has 0 saturated carbocycles. The van der Waals surface area contributed by atoms with Gasteiger partial charge < -0.3 is 10.1 Å². The molecule has 0 saturated heterocycles. The lowest BCUT2D eigenvalue weighted by Crippen LogP contribution is -2.41. The van der Waals surface area contributed by atoms with Crippen molar-refractivity contribution in [3.63, 3.8) is 0 Å². The number of ether oxygens (including phenoxy) is 1. The largest absolute Gasteiger partial charge is 0.497 e. The van der Waals surface area contributed by atoms with E-state index < -0.39 is 6.04 Å². The molecular weight excluding hydrogens is 364 g/mol. The molecule has 0 aliphatic carbocycles. The monoisotopic (exact) mass is 382 g/mol. The van der Waals surface area contributed by atoms with Crippen molar-refractivity contribution in [1.82, 2.24) is 15.5 Å². The van der Waals surface area contributed by atoms with Crippen LogP contribution in [0.5, 0.6) is 5.75 Å². The van der Waals surface area contributed by atoms with E-state index in [1.807, 2.05) is 30.3 Å². The maximum absolute atomic E-state index is 12.3. The minimum absolute atomic E-state index is 0.345. The Morgan fingerprint density at radius 2 is 1.74 bits per heavy atom. The number of nitrogens with zero attached hydrogens (tertiary/aromatic N) is 2. The second-order valence-corrected chi connectivity index (χ2v) is 6.67. The minimum atomic E-state index is -0.733. The van der Waals surface area contributed by atoms with Gasteiger partial charge in [-0.1, -0.05) is 41.7 Å². The first-order valence-corrected chi connectivity index (χ1v) is 9.03. The molecule has 8 heteroatoms. The van der Waals surface area contributed by atoms with Gasteiger partial charge in [-0.25, -0.2) is 0 Å². The fraction of sp³-hybridized carbons (Fsp3) is 0.158. The van der Waals surface area contributed by atoms with Crippen LogP contribution in [0.1, 0.15) is 17.3 Å². The van der Waals surface area contributed by atoms with Crippen LogP contribution in [0, 0.1) is 0 Å². The molecule has 0 unspecified atom stereocenters. The number of anilines is 1. The second kappa shape index (κ2) is 8.41. The zero-order valence-corrected chi connectivity index (χ0v) is 15.6. The van der Waals surface area contributed by atoms with Crippen molar-refractivity contribution in [3.8, 4) is 16.3 Å². The summed E-state index contributed by atoms with van der Waals surface area (Å²) < 4.78 is 5.06. The van der Waals surface area contributed by atoms with E-state index >= 15 is 0 Å². The van der Waals surface area contributed by atoms with Crippen molar-refractivity contribution < 1.29 is 14.3 Å². The molecule has 0 radical (unpaired) electrons. The Morgan fingerprint density at radius 1 is 1.04 bits per heavy atom. The van der Waals surface area contributed by atoms with Crippen molar-refractivity contribution in [1.29, 1.82) is 0 Å². The quantitative estimate of drug-likeness (QED) is 0.684. The summed E-state index contributed by atoms with van der Waals surface area (Å²) in [5.41, 5.74) is 1.37. The van der Waals surface area contributed by atoms with Gasteiger partial charge in [-0.2, -0.15) is 0 Å². The van der Waals surface area contributed by atoms with Crippen LogP contribution in [0.25, 0.3) is 10.6 Å². The lowest BCUT2D eigenvalue weighted by Gasteiger charge is -2.13. The van der Waals surface area contributed by atoms with E-state index in [1.165, 1.54) is 11.3 Å². The molecule has 0 fully saturated rings. The van der Waals surface area contributed by atoms with Crippen LogP contribution in [-0.4, -0.2) is 35.2 Å². The van der Waals surface area contributed by atoms with Gasteiger partial charge >= 0.3 is 0 Å². The second-order valence-electron chi connectivity index (χ2n) is 5.69. The number of aromatic nitrogens is 2. The van der Waals surface area contributed by atoms with E-state index in [1.54, 1.807) is 38.3 Å². The van der Waals surface area contributed by atoms with Gasteiger partial charge in [0.15, 0.2) is 0 Å². The molecule has 0 aliphatic rings. The number of hydrogen-bond acceptors (Lipinski definition) is 6. The van der Waals surface area contributed by atoms with Crippen LogP contribution in [0.4, 0.5) is 5.13 Å². The first kappa shape index (κ1) is 18.5. The predicted octanol–water partition coefficient (Wildman–Crippen LogP) is 2.97. The average molecular weight is 382 g/mol. The lowest BCUT2D eigenvalue weighted by molar-refractivity contribution is -0.117. The van der Waals surface area contributed by atoms with Gasteiger partial charge in [-0.15, -0.1) is 10.2 Å². The SMILES string of the molecule is COc1ccc(C(=O)N[C@@H](C)C(=O)Nc2nnc(-c3ccccc3)s2)cc1. The van der Waals surface area contributed by atoms with Gasteiger partial charge in [0.1, 0.15) is 16.8 Å². The molecular formula is C19H18N4O3S. The highest BCUT2D eigenvalue weighted by Crippen LogP contribution is 2.25. The summed E-state index contributed by atoms with van der Waals surface area (Å²) in [6, 6.07) is 15.5. The third-order valence-corrected chi connectivity index (χ3v) is 4.66. The van der Waals surface area contributed by atoms with Crippen molar-refractivity contribution >= 4 is 28.3 Å². The van der Waals surface area contributed by atoms with Crippen LogP contribution >= 0.6 is 11.3 Å². The molecule has 1 heterocycles. The molecule has 3 rings (SSSR count). The summed E-state index contributed by atoms with van der Waals surface area (Å²) in [6.07, 6.45) is 0. The average Bonchev–Trinajstić information content (AvgIpc) is 3.17. The molecule has 1 aromatic heterocycles. The summed E-state index contributed by atoms with van der Waals surface area (Å²) in [7, 11) is 1.55. The third-order valence-electron chi connectivity index (χ3n) is 3.77. The molecule has 2 N–H and O–H groups in total. The number of rotatable bonds is 6. The van der Waals surface area contributed by atoms with Crippen molar-refractivity contribution in [2.75, 3.05) is 12.4 Å². The van der Waals surface area contributed by atoms with Gasteiger partial charge in [0.25, 0.3) is 5.91 Å². The first-order chi connectivity index (χ1) is 13.1. The van der Waals surface area contributed by atoms with Crippen LogP contribution in [-0.2, 0) is 4.79 Å². The summed E-state index contributed by atoms with van der Waals surface area (Å²) in [4.78, 5) is 24.6. The molecule has 2 amide bonds. The Balaban J connectivity index is 1.59. The number of carbonyl (C=O) groups excluding carboxylic acids is 2. The highest BCUT2D eigenvalue weighted by atomic mass is 32.1. The predicted molar refractivity (Wildman–Crippen MR) is 104 cm³/mol. The van der Waals surface area contributed by atoms with E-state index in [0.29, 0.717) is 21.5 Å². The van der Waals surface area contributed by atoms with E-state index in [-0.39, 0.29) is 11.8 Å². The zero-order chi connectivity index (χ0) is 19.2. The molecule has 2 aromatic carbocycles. The number of carbonyl (C=O) groups is 2. The van der Waals surface area contributed by atoms with Crippen LogP contribution in [0.3, 0.4) is 0 Å². The van der Waals surface area contributed by atoms with E-state index in [4.69, 9.17) is 4.74 Å². The van der Waals surface area contributed by atoms with Gasteiger partial charge in [-0.3, -0.25) is 14.9 Å². The Morgan fingerprint density at radius 3 is 2.41 bits per heavy atom. The molecule has 0 aliphatic heterocycles. The Kier molecular flexibility index (Phi) is 5.77. The third kappa shape index (κ3) is 4.68. The van der Waals surface area contributed by atoms with Crippen LogP contribution < -0.4 is 15.4 Å². The minimum Gasteiger partial charge on any atom is -0.497 e. The molecule has 138 valence electrons. The highest BCUT2D eigenvalue weighted by Gasteiger charge is 2.18. The Labute approximate surface area is 160 Å².